The molecule has 0 unspecified atom stereocenters. The first-order valence-corrected chi connectivity index (χ1v) is 8.15. The topological polar surface area (TPSA) is 38.3 Å². The highest BCUT2D eigenvalue weighted by atomic mass is 35.5. The van der Waals surface area contributed by atoms with Crippen LogP contribution >= 0.6 is 34.8 Å². The van der Waals surface area contributed by atoms with Crippen molar-refractivity contribution in [3.63, 3.8) is 0 Å². The van der Waals surface area contributed by atoms with Crippen LogP contribution in [0.1, 0.15) is 10.4 Å². The van der Waals surface area contributed by atoms with E-state index in [-0.39, 0.29) is 5.91 Å². The molecule has 0 aromatic heterocycles. The van der Waals surface area contributed by atoms with E-state index in [2.05, 4.69) is 5.32 Å². The first-order chi connectivity index (χ1) is 11.5. The maximum atomic E-state index is 12.7. The molecule has 0 radical (unpaired) electrons. The number of carbonyl (C=O) groups is 1. The maximum Gasteiger partial charge on any atom is 0.259 e. The minimum Gasteiger partial charge on any atom is -0.496 e. The van der Waals surface area contributed by atoms with E-state index in [1.54, 1.807) is 6.07 Å². The van der Waals surface area contributed by atoms with Crippen LogP contribution in [0.3, 0.4) is 0 Å². The number of rotatable bonds is 3. The number of ether oxygens (including phenoxy) is 1. The standard InChI is InChI=1S/C18H12Cl3NO2/c1-24-17-7-11-5-3-2-4-10(11)6-12(17)18(23)22-16-9-14(20)13(19)8-15(16)21/h2-9H,1H3,(H,22,23). The molecule has 0 bridgehead atoms. The molecule has 0 heterocycles. The number of amides is 1. The third-order valence-electron chi connectivity index (χ3n) is 3.57. The summed E-state index contributed by atoms with van der Waals surface area (Å²) < 4.78 is 5.34. The molecule has 3 rings (SSSR count). The van der Waals surface area contributed by atoms with Crippen molar-refractivity contribution in [2.45, 2.75) is 0 Å². The highest BCUT2D eigenvalue weighted by Gasteiger charge is 2.16. The molecule has 24 heavy (non-hydrogen) atoms. The molecule has 122 valence electrons. The number of halogens is 3. The van der Waals surface area contributed by atoms with Crippen LogP contribution in [-0.4, -0.2) is 13.0 Å². The van der Waals surface area contributed by atoms with Gasteiger partial charge in [-0.1, -0.05) is 59.1 Å². The number of nitrogens with one attached hydrogen (secondary N) is 1. The van der Waals surface area contributed by atoms with Gasteiger partial charge in [-0.05, 0) is 35.0 Å². The number of carbonyl (C=O) groups excluding carboxylic acids is 1. The molecule has 3 aromatic rings. The Hall–Kier alpha value is -1.94. The lowest BCUT2D eigenvalue weighted by Gasteiger charge is -2.12. The first-order valence-electron chi connectivity index (χ1n) is 7.02. The van der Waals surface area contributed by atoms with E-state index in [1.807, 2.05) is 30.3 Å². The number of hydrogen-bond acceptors (Lipinski definition) is 2. The van der Waals surface area contributed by atoms with Gasteiger partial charge >= 0.3 is 0 Å². The Balaban J connectivity index is 2.01. The first kappa shape index (κ1) is 16.9. The zero-order chi connectivity index (χ0) is 17.3. The smallest absolute Gasteiger partial charge is 0.259 e. The molecule has 0 fully saturated rings. The van der Waals surface area contributed by atoms with Gasteiger partial charge in [-0.15, -0.1) is 0 Å². The maximum absolute atomic E-state index is 12.7. The second-order valence-electron chi connectivity index (χ2n) is 5.10. The van der Waals surface area contributed by atoms with Crippen molar-refractivity contribution in [3.8, 4) is 5.75 Å². The van der Waals surface area contributed by atoms with Crippen molar-refractivity contribution in [1.82, 2.24) is 0 Å². The third kappa shape index (κ3) is 3.29. The molecule has 0 spiro atoms. The molecular weight excluding hydrogens is 369 g/mol. The van der Waals surface area contributed by atoms with Crippen LogP contribution in [0.5, 0.6) is 5.75 Å². The van der Waals surface area contributed by atoms with Gasteiger partial charge in [0.2, 0.25) is 0 Å². The highest BCUT2D eigenvalue weighted by Crippen LogP contribution is 2.33. The molecule has 0 saturated carbocycles. The summed E-state index contributed by atoms with van der Waals surface area (Å²) in [7, 11) is 1.52. The molecule has 6 heteroatoms. The predicted molar refractivity (Wildman–Crippen MR) is 99.9 cm³/mol. The van der Waals surface area contributed by atoms with Crippen LogP contribution in [0.2, 0.25) is 15.1 Å². The van der Waals surface area contributed by atoms with Crippen LogP contribution in [0.25, 0.3) is 10.8 Å². The molecule has 0 aliphatic carbocycles. The summed E-state index contributed by atoms with van der Waals surface area (Å²) in [5.74, 6) is 0.125. The quantitative estimate of drug-likeness (QED) is 0.561. The summed E-state index contributed by atoms with van der Waals surface area (Å²) in [4.78, 5) is 12.7. The molecule has 1 N–H and O–H groups in total. The molecule has 0 aliphatic rings. The van der Waals surface area contributed by atoms with E-state index in [9.17, 15) is 4.79 Å². The minimum atomic E-state index is -0.349. The number of fused-ring (bicyclic) bond motifs is 1. The number of hydrogen-bond donors (Lipinski definition) is 1. The van der Waals surface area contributed by atoms with Gasteiger partial charge in [0.1, 0.15) is 5.75 Å². The predicted octanol–water partition coefficient (Wildman–Crippen LogP) is 6.06. The van der Waals surface area contributed by atoms with E-state index >= 15 is 0 Å². The van der Waals surface area contributed by atoms with Crippen LogP contribution < -0.4 is 10.1 Å². The second-order valence-corrected chi connectivity index (χ2v) is 6.32. The summed E-state index contributed by atoms with van der Waals surface area (Å²) in [5, 5.41) is 5.59. The fraction of sp³-hybridized carbons (Fsp3) is 0.0556. The van der Waals surface area contributed by atoms with Crippen molar-refractivity contribution in [3.05, 3.63) is 69.2 Å². The fourth-order valence-electron chi connectivity index (χ4n) is 2.37. The van der Waals surface area contributed by atoms with Gasteiger partial charge in [-0.25, -0.2) is 0 Å². The third-order valence-corrected chi connectivity index (χ3v) is 4.61. The van der Waals surface area contributed by atoms with Crippen molar-refractivity contribution in [2.75, 3.05) is 12.4 Å². The number of methoxy groups -OCH3 is 1. The summed E-state index contributed by atoms with van der Waals surface area (Å²) in [6.07, 6.45) is 0. The van der Waals surface area contributed by atoms with E-state index in [4.69, 9.17) is 39.5 Å². The highest BCUT2D eigenvalue weighted by molar-refractivity contribution is 6.44. The summed E-state index contributed by atoms with van der Waals surface area (Å²) in [5.41, 5.74) is 0.782. The van der Waals surface area contributed by atoms with Crippen LogP contribution in [-0.2, 0) is 0 Å². The Morgan fingerprint density at radius 1 is 0.917 bits per heavy atom. The second kappa shape index (κ2) is 6.89. The van der Waals surface area contributed by atoms with Crippen molar-refractivity contribution in [2.24, 2.45) is 0 Å². The van der Waals surface area contributed by atoms with Crippen molar-refractivity contribution in [1.29, 1.82) is 0 Å². The van der Waals surface area contributed by atoms with Crippen LogP contribution in [0.4, 0.5) is 5.69 Å². The van der Waals surface area contributed by atoms with Gasteiger partial charge in [0.25, 0.3) is 5.91 Å². The van der Waals surface area contributed by atoms with Crippen LogP contribution in [0.15, 0.2) is 48.5 Å². The van der Waals surface area contributed by atoms with Crippen molar-refractivity contribution >= 4 is 57.2 Å². The minimum absolute atomic E-state index is 0.303. The number of anilines is 1. The van der Waals surface area contributed by atoms with Crippen molar-refractivity contribution < 1.29 is 9.53 Å². The Morgan fingerprint density at radius 2 is 1.54 bits per heavy atom. The Morgan fingerprint density at radius 3 is 2.21 bits per heavy atom. The zero-order valence-electron chi connectivity index (χ0n) is 12.6. The van der Waals surface area contributed by atoms with Gasteiger partial charge in [-0.2, -0.15) is 0 Å². The summed E-state index contributed by atoms with van der Waals surface area (Å²) >= 11 is 18.0. The van der Waals surface area contributed by atoms with Crippen LogP contribution in [0, 0.1) is 0 Å². The van der Waals surface area contributed by atoms with Gasteiger partial charge in [0.15, 0.2) is 0 Å². The molecule has 0 saturated heterocycles. The fourth-order valence-corrected chi connectivity index (χ4v) is 2.97. The monoisotopic (exact) mass is 379 g/mol. The molecular formula is C18H12Cl3NO2. The number of benzene rings is 3. The lowest BCUT2D eigenvalue weighted by Crippen LogP contribution is -2.13. The Bertz CT molecular complexity index is 941. The molecule has 0 atom stereocenters. The lowest BCUT2D eigenvalue weighted by molar-refractivity contribution is 0.102. The molecule has 3 aromatic carbocycles. The Labute approximate surface area is 154 Å². The normalized spacial score (nSPS) is 10.7. The molecule has 0 aliphatic heterocycles. The average molecular weight is 381 g/mol. The molecule has 1 amide bonds. The molecule has 3 nitrogen and oxygen atoms in total. The van der Waals surface area contributed by atoms with Gasteiger partial charge < -0.3 is 10.1 Å². The lowest BCUT2D eigenvalue weighted by atomic mass is 10.1. The largest absolute Gasteiger partial charge is 0.496 e. The van der Waals surface area contributed by atoms with E-state index < -0.39 is 0 Å². The SMILES string of the molecule is COc1cc2ccccc2cc1C(=O)Nc1cc(Cl)c(Cl)cc1Cl. The van der Waals surface area contributed by atoms with Gasteiger partial charge in [0.05, 0.1) is 33.4 Å². The average Bonchev–Trinajstić information content (AvgIpc) is 2.58. The van der Waals surface area contributed by atoms with Gasteiger partial charge in [-0.3, -0.25) is 4.79 Å². The summed E-state index contributed by atoms with van der Waals surface area (Å²) in [6.45, 7) is 0. The van der Waals surface area contributed by atoms with E-state index in [0.29, 0.717) is 32.1 Å². The van der Waals surface area contributed by atoms with E-state index in [0.717, 1.165) is 10.8 Å². The van der Waals surface area contributed by atoms with Gasteiger partial charge in [0, 0.05) is 0 Å². The Kier molecular flexibility index (Phi) is 4.86. The summed E-state index contributed by atoms with van der Waals surface area (Å²) in [6, 6.07) is 14.3. The van der Waals surface area contributed by atoms with E-state index in [1.165, 1.54) is 19.2 Å². The zero-order valence-corrected chi connectivity index (χ0v) is 14.8.